The zero-order valence-corrected chi connectivity index (χ0v) is 16.4. The molecule has 2 aliphatic rings. The molecule has 2 aliphatic carbocycles. The Morgan fingerprint density at radius 1 is 0.857 bits per heavy atom. The number of allylic oxidation sites excluding steroid dienone is 8. The van der Waals surface area contributed by atoms with Crippen LogP contribution in [-0.2, 0) is 0 Å². The normalized spacial score (nSPS) is 24.1. The van der Waals surface area contributed by atoms with Crippen molar-refractivity contribution in [2.24, 2.45) is 0 Å². The Bertz CT molecular complexity index is 997. The number of rotatable bonds is 2. The van der Waals surface area contributed by atoms with Crippen molar-refractivity contribution >= 4 is 16.5 Å². The van der Waals surface area contributed by atoms with Gasteiger partial charge in [-0.2, -0.15) is 0 Å². The molecule has 1 aromatic carbocycles. The first-order chi connectivity index (χ1) is 13.8. The van der Waals surface area contributed by atoms with Crippen LogP contribution < -0.4 is 5.56 Å². The number of nitrogens with zero attached hydrogens (tertiary/aromatic N) is 2. The Morgan fingerprint density at radius 2 is 1.57 bits per heavy atom. The fourth-order valence-corrected chi connectivity index (χ4v) is 4.22. The van der Waals surface area contributed by atoms with Crippen LogP contribution in [0.15, 0.2) is 71.9 Å². The summed E-state index contributed by atoms with van der Waals surface area (Å²) in [6.07, 6.45) is 25.8. The van der Waals surface area contributed by atoms with Crippen molar-refractivity contribution in [1.82, 2.24) is 9.55 Å². The van der Waals surface area contributed by atoms with Gasteiger partial charge in [0.05, 0.1) is 17.2 Å². The second kappa shape index (κ2) is 9.01. The van der Waals surface area contributed by atoms with E-state index in [0.29, 0.717) is 0 Å². The molecule has 0 radical (unpaired) electrons. The summed E-state index contributed by atoms with van der Waals surface area (Å²) in [5.41, 5.74) is 3.02. The molecule has 3 heteroatoms. The van der Waals surface area contributed by atoms with Crippen LogP contribution in [0.3, 0.4) is 0 Å². The van der Waals surface area contributed by atoms with E-state index in [1.807, 2.05) is 47.1 Å². The molecule has 0 bridgehead atoms. The molecule has 1 fully saturated rings. The topological polar surface area (TPSA) is 34.9 Å². The summed E-state index contributed by atoms with van der Waals surface area (Å²) in [6.45, 7) is 0. The van der Waals surface area contributed by atoms with Crippen LogP contribution in [0.1, 0.15) is 63.0 Å². The number of hydrogen-bond donors (Lipinski definition) is 0. The Kier molecular flexibility index (Phi) is 6.01. The molecule has 0 saturated heterocycles. The summed E-state index contributed by atoms with van der Waals surface area (Å²) in [6, 6.07) is 6.30. The van der Waals surface area contributed by atoms with Gasteiger partial charge in [0.15, 0.2) is 0 Å². The van der Waals surface area contributed by atoms with E-state index in [4.69, 9.17) is 0 Å². The van der Waals surface area contributed by atoms with Crippen molar-refractivity contribution in [3.8, 4) is 0 Å². The predicted octanol–water partition coefficient (Wildman–Crippen LogP) is 6.14. The Labute approximate surface area is 166 Å². The van der Waals surface area contributed by atoms with Crippen LogP contribution in [0.25, 0.3) is 16.5 Å². The van der Waals surface area contributed by atoms with Gasteiger partial charge >= 0.3 is 0 Å². The predicted molar refractivity (Wildman–Crippen MR) is 117 cm³/mol. The highest BCUT2D eigenvalue weighted by molar-refractivity contribution is 5.85. The first-order valence-electron chi connectivity index (χ1n) is 10.6. The van der Waals surface area contributed by atoms with E-state index in [2.05, 4.69) is 23.2 Å². The standard InChI is InChI=1S/C25H28N2O/c28-25-23-18-21(20-12-8-4-3-5-9-13-20)16-17-24(23)26-19-27(25)22-14-10-6-1-2-7-11-15-22/h3-5,8-9,12-13,16-19,22H,1-2,6-7,10-11,14-15H2/b4-3-,5-3?,8-4?,9-5-,12-8-,13-9?,20-12?,20-13+. The minimum atomic E-state index is 0.0990. The van der Waals surface area contributed by atoms with Gasteiger partial charge < -0.3 is 0 Å². The van der Waals surface area contributed by atoms with Crippen LogP contribution in [0.5, 0.6) is 0 Å². The van der Waals surface area contributed by atoms with Crippen LogP contribution in [0, 0.1) is 0 Å². The maximum Gasteiger partial charge on any atom is 0.261 e. The van der Waals surface area contributed by atoms with Gasteiger partial charge in [-0.15, -0.1) is 0 Å². The molecule has 0 spiro atoms. The molecule has 0 aliphatic heterocycles. The van der Waals surface area contributed by atoms with E-state index in [1.165, 1.54) is 38.5 Å². The fourth-order valence-electron chi connectivity index (χ4n) is 4.22. The SMILES string of the molecule is O=c1c2cc(C3=C/C=C\C=C/C=C\3)ccc2ncn1C1CCCCCCCC1. The van der Waals surface area contributed by atoms with Gasteiger partial charge in [0.1, 0.15) is 0 Å². The van der Waals surface area contributed by atoms with E-state index >= 15 is 0 Å². The lowest BCUT2D eigenvalue weighted by Crippen LogP contribution is -2.25. The van der Waals surface area contributed by atoms with Gasteiger partial charge in [-0.1, -0.05) is 87.1 Å². The van der Waals surface area contributed by atoms with Crippen molar-refractivity contribution in [2.45, 2.75) is 57.4 Å². The Balaban J connectivity index is 1.72. The van der Waals surface area contributed by atoms with E-state index in [9.17, 15) is 4.79 Å². The monoisotopic (exact) mass is 372 g/mol. The number of aromatic nitrogens is 2. The largest absolute Gasteiger partial charge is 0.296 e. The number of benzene rings is 1. The molecule has 144 valence electrons. The molecule has 28 heavy (non-hydrogen) atoms. The third-order valence-corrected chi connectivity index (χ3v) is 5.83. The lowest BCUT2D eigenvalue weighted by Gasteiger charge is -2.19. The molecule has 2 aromatic rings. The first-order valence-corrected chi connectivity index (χ1v) is 10.6. The highest BCUT2D eigenvalue weighted by atomic mass is 16.1. The second-order valence-corrected chi connectivity index (χ2v) is 7.79. The molecule has 1 saturated carbocycles. The van der Waals surface area contributed by atoms with Gasteiger partial charge in [0.25, 0.3) is 5.56 Å². The minimum Gasteiger partial charge on any atom is -0.296 e. The summed E-state index contributed by atoms with van der Waals surface area (Å²) in [4.78, 5) is 17.9. The molecule has 0 N–H and O–H groups in total. The van der Waals surface area contributed by atoms with Crippen LogP contribution in [-0.4, -0.2) is 9.55 Å². The summed E-state index contributed by atoms with van der Waals surface area (Å²) in [7, 11) is 0. The lowest BCUT2D eigenvalue weighted by molar-refractivity contribution is 0.404. The summed E-state index contributed by atoms with van der Waals surface area (Å²) in [5, 5.41) is 0.718. The van der Waals surface area contributed by atoms with Crippen molar-refractivity contribution in [2.75, 3.05) is 0 Å². The molecule has 1 heterocycles. The molecular formula is C25H28N2O. The third kappa shape index (κ3) is 4.24. The maximum atomic E-state index is 13.3. The van der Waals surface area contributed by atoms with Crippen molar-refractivity contribution in [3.05, 3.63) is 83.0 Å². The van der Waals surface area contributed by atoms with E-state index in [-0.39, 0.29) is 11.6 Å². The zero-order valence-electron chi connectivity index (χ0n) is 16.4. The van der Waals surface area contributed by atoms with Crippen molar-refractivity contribution in [1.29, 1.82) is 0 Å². The van der Waals surface area contributed by atoms with Gasteiger partial charge in [-0.05, 0) is 36.1 Å². The van der Waals surface area contributed by atoms with Crippen LogP contribution in [0.4, 0.5) is 0 Å². The van der Waals surface area contributed by atoms with E-state index in [1.54, 1.807) is 6.33 Å². The first kappa shape index (κ1) is 18.7. The zero-order chi connectivity index (χ0) is 19.2. The Hall–Kier alpha value is -2.68. The van der Waals surface area contributed by atoms with E-state index in [0.717, 1.165) is 34.9 Å². The third-order valence-electron chi connectivity index (χ3n) is 5.83. The van der Waals surface area contributed by atoms with Crippen molar-refractivity contribution in [3.63, 3.8) is 0 Å². The van der Waals surface area contributed by atoms with Gasteiger partial charge in [-0.3, -0.25) is 9.36 Å². The van der Waals surface area contributed by atoms with Crippen LogP contribution >= 0.6 is 0 Å². The Morgan fingerprint density at radius 3 is 2.39 bits per heavy atom. The van der Waals surface area contributed by atoms with Gasteiger partial charge in [0.2, 0.25) is 0 Å². The van der Waals surface area contributed by atoms with Gasteiger partial charge in [0, 0.05) is 6.04 Å². The molecule has 0 atom stereocenters. The van der Waals surface area contributed by atoms with Crippen LogP contribution in [0.2, 0.25) is 0 Å². The lowest BCUT2D eigenvalue weighted by atomic mass is 10.0. The quantitative estimate of drug-likeness (QED) is 0.635. The van der Waals surface area contributed by atoms with Crippen molar-refractivity contribution < 1.29 is 0 Å². The molecule has 1 aromatic heterocycles. The molecular weight excluding hydrogens is 344 g/mol. The van der Waals surface area contributed by atoms with Gasteiger partial charge in [-0.25, -0.2) is 4.98 Å². The second-order valence-electron chi connectivity index (χ2n) is 7.79. The summed E-state index contributed by atoms with van der Waals surface area (Å²) >= 11 is 0. The number of fused-ring (bicyclic) bond motifs is 1. The molecule has 3 nitrogen and oxygen atoms in total. The highest BCUT2D eigenvalue weighted by Crippen LogP contribution is 2.26. The molecule has 0 amide bonds. The fraction of sp³-hybridized carbons (Fsp3) is 0.360. The molecule has 4 rings (SSSR count). The summed E-state index contributed by atoms with van der Waals surface area (Å²) < 4.78 is 1.91. The summed E-state index contributed by atoms with van der Waals surface area (Å²) in [5.74, 6) is 0. The maximum absolute atomic E-state index is 13.3. The molecule has 0 unspecified atom stereocenters. The average molecular weight is 373 g/mol. The average Bonchev–Trinajstić information content (AvgIpc) is 2.82. The van der Waals surface area contributed by atoms with E-state index < -0.39 is 0 Å². The number of hydrogen-bond acceptors (Lipinski definition) is 2. The smallest absolute Gasteiger partial charge is 0.261 e. The minimum absolute atomic E-state index is 0.0990. The highest BCUT2D eigenvalue weighted by Gasteiger charge is 2.16.